The highest BCUT2D eigenvalue weighted by molar-refractivity contribution is 5.51. The molecule has 0 bridgehead atoms. The fourth-order valence-electron chi connectivity index (χ4n) is 3.15. The zero-order chi connectivity index (χ0) is 16.8. The Balaban J connectivity index is 1.48. The Morgan fingerprint density at radius 3 is 2.92 bits per heavy atom. The number of anilines is 1. The predicted molar refractivity (Wildman–Crippen MR) is 93.4 cm³/mol. The molecule has 0 saturated carbocycles. The third-order valence-corrected chi connectivity index (χ3v) is 4.47. The largest absolute Gasteiger partial charge is 0.387 e. The molecular formula is C19H22N4O. The maximum atomic E-state index is 10.3. The van der Waals surface area contributed by atoms with E-state index in [2.05, 4.69) is 21.3 Å². The van der Waals surface area contributed by atoms with Crippen molar-refractivity contribution in [2.45, 2.75) is 12.5 Å². The van der Waals surface area contributed by atoms with Crippen molar-refractivity contribution in [2.75, 3.05) is 31.5 Å². The molecule has 0 aliphatic carbocycles. The SMILES string of the molecule is N#Cc1cccnc1NC[C@@H]1CCN(C[C@@H](O)c2ccccc2)C1. The first-order valence-corrected chi connectivity index (χ1v) is 8.30. The minimum Gasteiger partial charge on any atom is -0.387 e. The summed E-state index contributed by atoms with van der Waals surface area (Å²) in [7, 11) is 0. The highest BCUT2D eigenvalue weighted by Crippen LogP contribution is 2.21. The van der Waals surface area contributed by atoms with Gasteiger partial charge in [-0.2, -0.15) is 5.26 Å². The summed E-state index contributed by atoms with van der Waals surface area (Å²) >= 11 is 0. The Morgan fingerprint density at radius 1 is 1.29 bits per heavy atom. The van der Waals surface area contributed by atoms with Crippen molar-refractivity contribution in [3.63, 3.8) is 0 Å². The topological polar surface area (TPSA) is 72.2 Å². The van der Waals surface area contributed by atoms with Crippen LogP contribution in [0.2, 0.25) is 0 Å². The number of β-amino-alcohol motifs (C(OH)–C–C–N with tert-alkyl or cyclic N) is 1. The molecule has 2 heterocycles. The van der Waals surface area contributed by atoms with E-state index < -0.39 is 6.10 Å². The highest BCUT2D eigenvalue weighted by Gasteiger charge is 2.24. The molecule has 1 aliphatic heterocycles. The van der Waals surface area contributed by atoms with Crippen LogP contribution in [0.1, 0.15) is 23.7 Å². The van der Waals surface area contributed by atoms with Gasteiger partial charge < -0.3 is 15.3 Å². The normalized spacial score (nSPS) is 18.9. The molecule has 1 fully saturated rings. The lowest BCUT2D eigenvalue weighted by Gasteiger charge is -2.20. The van der Waals surface area contributed by atoms with Crippen molar-refractivity contribution in [2.24, 2.45) is 5.92 Å². The van der Waals surface area contributed by atoms with Gasteiger partial charge in [0.1, 0.15) is 11.9 Å². The maximum absolute atomic E-state index is 10.3. The monoisotopic (exact) mass is 322 g/mol. The van der Waals surface area contributed by atoms with Crippen LogP contribution in [-0.2, 0) is 0 Å². The number of aliphatic hydroxyl groups is 1. The van der Waals surface area contributed by atoms with Gasteiger partial charge in [0.15, 0.2) is 0 Å². The number of hydrogen-bond donors (Lipinski definition) is 2. The summed E-state index contributed by atoms with van der Waals surface area (Å²) in [6, 6.07) is 15.5. The maximum Gasteiger partial charge on any atom is 0.143 e. The number of rotatable bonds is 6. The predicted octanol–water partition coefficient (Wildman–Crippen LogP) is 2.42. The molecule has 0 radical (unpaired) electrons. The van der Waals surface area contributed by atoms with Gasteiger partial charge in [-0.05, 0) is 36.6 Å². The molecule has 24 heavy (non-hydrogen) atoms. The number of hydrogen-bond acceptors (Lipinski definition) is 5. The molecule has 0 unspecified atom stereocenters. The fourth-order valence-corrected chi connectivity index (χ4v) is 3.15. The molecule has 2 atom stereocenters. The summed E-state index contributed by atoms with van der Waals surface area (Å²) in [6.07, 6.45) is 2.34. The second-order valence-corrected chi connectivity index (χ2v) is 6.23. The van der Waals surface area contributed by atoms with E-state index in [0.29, 0.717) is 23.8 Å². The van der Waals surface area contributed by atoms with Crippen molar-refractivity contribution in [3.05, 3.63) is 59.8 Å². The molecular weight excluding hydrogens is 300 g/mol. The van der Waals surface area contributed by atoms with Gasteiger partial charge in [-0.15, -0.1) is 0 Å². The van der Waals surface area contributed by atoms with Crippen LogP contribution in [0.15, 0.2) is 48.7 Å². The van der Waals surface area contributed by atoms with E-state index in [9.17, 15) is 5.11 Å². The van der Waals surface area contributed by atoms with Crippen molar-refractivity contribution < 1.29 is 5.11 Å². The van der Waals surface area contributed by atoms with Crippen molar-refractivity contribution >= 4 is 5.82 Å². The minimum absolute atomic E-state index is 0.445. The van der Waals surface area contributed by atoms with Crippen LogP contribution in [0.25, 0.3) is 0 Å². The average Bonchev–Trinajstić information content (AvgIpc) is 3.08. The Bertz CT molecular complexity index is 698. The van der Waals surface area contributed by atoms with E-state index in [1.54, 1.807) is 18.3 Å². The Hall–Kier alpha value is -2.42. The van der Waals surface area contributed by atoms with E-state index in [0.717, 1.165) is 31.6 Å². The number of pyridine rings is 1. The highest BCUT2D eigenvalue weighted by atomic mass is 16.3. The first-order chi connectivity index (χ1) is 11.8. The van der Waals surface area contributed by atoms with E-state index in [-0.39, 0.29) is 0 Å². The van der Waals surface area contributed by atoms with Crippen molar-refractivity contribution in [1.29, 1.82) is 5.26 Å². The summed E-state index contributed by atoms with van der Waals surface area (Å²) in [6.45, 7) is 3.40. The average molecular weight is 322 g/mol. The zero-order valence-corrected chi connectivity index (χ0v) is 13.6. The molecule has 1 aromatic heterocycles. The fraction of sp³-hybridized carbons (Fsp3) is 0.368. The van der Waals surface area contributed by atoms with Gasteiger partial charge in [0.2, 0.25) is 0 Å². The minimum atomic E-state index is -0.445. The summed E-state index contributed by atoms with van der Waals surface area (Å²) < 4.78 is 0. The van der Waals surface area contributed by atoms with Gasteiger partial charge in [-0.3, -0.25) is 0 Å². The van der Waals surface area contributed by atoms with E-state index in [1.165, 1.54) is 0 Å². The molecule has 124 valence electrons. The van der Waals surface area contributed by atoms with Crippen LogP contribution >= 0.6 is 0 Å². The number of nitriles is 1. The van der Waals surface area contributed by atoms with Crippen LogP contribution < -0.4 is 5.32 Å². The molecule has 1 aromatic carbocycles. The standard InChI is InChI=1S/C19H22N4O/c20-11-17-7-4-9-21-19(17)22-12-15-8-10-23(13-15)14-18(24)16-5-2-1-3-6-16/h1-7,9,15,18,24H,8,10,12-14H2,(H,21,22)/t15-,18+/m0/s1. The van der Waals surface area contributed by atoms with Crippen LogP contribution in [-0.4, -0.2) is 41.2 Å². The van der Waals surface area contributed by atoms with Gasteiger partial charge >= 0.3 is 0 Å². The number of likely N-dealkylation sites (tertiary alicyclic amines) is 1. The summed E-state index contributed by atoms with van der Waals surface area (Å²) in [5.74, 6) is 1.16. The van der Waals surface area contributed by atoms with Gasteiger partial charge in [-0.1, -0.05) is 30.3 Å². The number of nitrogens with one attached hydrogen (secondary N) is 1. The molecule has 3 rings (SSSR count). The summed E-state index contributed by atoms with van der Waals surface area (Å²) in [4.78, 5) is 6.53. The molecule has 5 heteroatoms. The molecule has 2 N–H and O–H groups in total. The van der Waals surface area contributed by atoms with Crippen LogP contribution in [0, 0.1) is 17.2 Å². The first kappa shape index (κ1) is 16.4. The zero-order valence-electron chi connectivity index (χ0n) is 13.6. The number of aromatic nitrogens is 1. The Morgan fingerprint density at radius 2 is 2.12 bits per heavy atom. The molecule has 1 saturated heterocycles. The lowest BCUT2D eigenvalue weighted by atomic mass is 10.1. The third-order valence-electron chi connectivity index (χ3n) is 4.47. The Labute approximate surface area is 142 Å². The van der Waals surface area contributed by atoms with Crippen LogP contribution in [0.4, 0.5) is 5.82 Å². The van der Waals surface area contributed by atoms with Gasteiger partial charge in [-0.25, -0.2) is 4.98 Å². The first-order valence-electron chi connectivity index (χ1n) is 8.30. The molecule has 1 aliphatic rings. The third kappa shape index (κ3) is 4.10. The lowest BCUT2D eigenvalue weighted by Crippen LogP contribution is -2.27. The van der Waals surface area contributed by atoms with E-state index in [1.807, 2.05) is 30.3 Å². The van der Waals surface area contributed by atoms with E-state index >= 15 is 0 Å². The number of nitrogens with zero attached hydrogens (tertiary/aromatic N) is 3. The second-order valence-electron chi connectivity index (χ2n) is 6.23. The number of aliphatic hydroxyl groups excluding tert-OH is 1. The molecule has 5 nitrogen and oxygen atoms in total. The smallest absolute Gasteiger partial charge is 0.143 e. The lowest BCUT2D eigenvalue weighted by molar-refractivity contribution is 0.124. The summed E-state index contributed by atoms with van der Waals surface area (Å²) in [5, 5.41) is 22.7. The van der Waals surface area contributed by atoms with Gasteiger partial charge in [0.05, 0.1) is 11.7 Å². The molecule has 0 spiro atoms. The van der Waals surface area contributed by atoms with E-state index in [4.69, 9.17) is 5.26 Å². The van der Waals surface area contributed by atoms with Crippen LogP contribution in [0.5, 0.6) is 0 Å². The quantitative estimate of drug-likeness (QED) is 0.854. The molecule has 2 aromatic rings. The number of benzene rings is 1. The Kier molecular flexibility index (Phi) is 5.42. The second kappa shape index (κ2) is 7.91. The van der Waals surface area contributed by atoms with Crippen LogP contribution in [0.3, 0.4) is 0 Å². The van der Waals surface area contributed by atoms with Crippen molar-refractivity contribution in [1.82, 2.24) is 9.88 Å². The summed E-state index contributed by atoms with van der Waals surface area (Å²) in [5.41, 5.74) is 1.54. The van der Waals surface area contributed by atoms with Gasteiger partial charge in [0.25, 0.3) is 0 Å². The van der Waals surface area contributed by atoms with Crippen molar-refractivity contribution in [3.8, 4) is 6.07 Å². The molecule has 0 amide bonds. The van der Waals surface area contributed by atoms with Gasteiger partial charge in [0, 0.05) is 25.8 Å².